The topological polar surface area (TPSA) is 68.0 Å². The summed E-state index contributed by atoms with van der Waals surface area (Å²) in [5.41, 5.74) is 3.69. The van der Waals surface area contributed by atoms with E-state index in [1.54, 1.807) is 6.07 Å². The Hall–Kier alpha value is -2.57. The highest BCUT2D eigenvalue weighted by molar-refractivity contribution is 8.00. The van der Waals surface area contributed by atoms with Crippen molar-refractivity contribution >= 4 is 57.0 Å². The monoisotopic (exact) mass is 397 g/mol. The molecule has 7 heteroatoms. The number of para-hydroxylation sites is 1. The molecule has 4 aromatic rings. The SMILES string of the molecule is Cc1nc(SCC(=O)Nc2cccc(Cl)c2C)c2oc3ccccc3c2n1. The minimum atomic E-state index is -0.133. The number of thioether (sulfide) groups is 1. The van der Waals surface area contributed by atoms with Crippen LogP contribution in [-0.4, -0.2) is 21.6 Å². The predicted octanol–water partition coefficient (Wildman–Crippen LogP) is 5.38. The highest BCUT2D eigenvalue weighted by Gasteiger charge is 2.16. The summed E-state index contributed by atoms with van der Waals surface area (Å²) in [6.45, 7) is 3.71. The van der Waals surface area contributed by atoms with Crippen LogP contribution in [0, 0.1) is 13.8 Å². The summed E-state index contributed by atoms with van der Waals surface area (Å²) in [5, 5.41) is 5.12. The molecule has 4 rings (SSSR count). The van der Waals surface area contributed by atoms with Crippen LogP contribution in [0.4, 0.5) is 5.69 Å². The molecule has 1 N–H and O–H groups in total. The molecule has 0 aliphatic heterocycles. The lowest BCUT2D eigenvalue weighted by molar-refractivity contribution is -0.113. The Morgan fingerprint density at radius 3 is 2.81 bits per heavy atom. The first-order valence-corrected chi connectivity index (χ1v) is 9.73. The summed E-state index contributed by atoms with van der Waals surface area (Å²) in [6.07, 6.45) is 0. The Labute approximate surface area is 165 Å². The van der Waals surface area contributed by atoms with Crippen LogP contribution >= 0.6 is 23.4 Å². The van der Waals surface area contributed by atoms with E-state index >= 15 is 0 Å². The molecule has 0 saturated heterocycles. The van der Waals surface area contributed by atoms with E-state index < -0.39 is 0 Å². The molecule has 0 aliphatic rings. The maximum Gasteiger partial charge on any atom is 0.234 e. The number of anilines is 1. The molecule has 2 aromatic carbocycles. The molecule has 27 heavy (non-hydrogen) atoms. The first kappa shape index (κ1) is 17.8. The van der Waals surface area contributed by atoms with Crippen molar-refractivity contribution in [2.24, 2.45) is 0 Å². The molecular weight excluding hydrogens is 382 g/mol. The lowest BCUT2D eigenvalue weighted by Gasteiger charge is -2.09. The number of hydrogen-bond donors (Lipinski definition) is 1. The molecule has 0 saturated carbocycles. The largest absolute Gasteiger partial charge is 0.451 e. The average molecular weight is 398 g/mol. The van der Waals surface area contributed by atoms with Gasteiger partial charge in [-0.2, -0.15) is 0 Å². The summed E-state index contributed by atoms with van der Waals surface area (Å²) in [4.78, 5) is 21.4. The summed E-state index contributed by atoms with van der Waals surface area (Å²) >= 11 is 7.43. The van der Waals surface area contributed by atoms with E-state index in [9.17, 15) is 4.79 Å². The molecule has 0 aliphatic carbocycles. The van der Waals surface area contributed by atoms with Crippen LogP contribution < -0.4 is 5.32 Å². The zero-order valence-corrected chi connectivity index (χ0v) is 16.3. The van der Waals surface area contributed by atoms with Gasteiger partial charge in [-0.25, -0.2) is 9.97 Å². The molecule has 1 amide bonds. The van der Waals surface area contributed by atoms with Gasteiger partial charge in [-0.15, -0.1) is 0 Å². The number of aromatic nitrogens is 2. The van der Waals surface area contributed by atoms with Crippen molar-refractivity contribution < 1.29 is 9.21 Å². The molecule has 0 fully saturated rings. The van der Waals surface area contributed by atoms with Crippen LogP contribution in [0.1, 0.15) is 11.4 Å². The third-order valence-corrected chi connectivity index (χ3v) is 5.55. The quantitative estimate of drug-likeness (QED) is 0.370. The van der Waals surface area contributed by atoms with E-state index in [-0.39, 0.29) is 11.7 Å². The summed E-state index contributed by atoms with van der Waals surface area (Å²) in [6, 6.07) is 13.2. The van der Waals surface area contributed by atoms with E-state index in [4.69, 9.17) is 16.0 Å². The number of fused-ring (bicyclic) bond motifs is 3. The smallest absolute Gasteiger partial charge is 0.234 e. The second-order valence-corrected chi connectivity index (χ2v) is 7.47. The van der Waals surface area contributed by atoms with Crippen molar-refractivity contribution in [3.05, 3.63) is 58.9 Å². The van der Waals surface area contributed by atoms with Gasteiger partial charge >= 0.3 is 0 Å². The molecule has 136 valence electrons. The van der Waals surface area contributed by atoms with Crippen molar-refractivity contribution in [3.8, 4) is 0 Å². The van der Waals surface area contributed by atoms with Gasteiger partial charge in [-0.1, -0.05) is 41.6 Å². The number of furan rings is 1. The maximum absolute atomic E-state index is 12.4. The molecule has 0 bridgehead atoms. The fourth-order valence-electron chi connectivity index (χ4n) is 2.83. The second-order valence-electron chi connectivity index (χ2n) is 6.10. The van der Waals surface area contributed by atoms with E-state index in [1.807, 2.05) is 50.2 Å². The molecular formula is C20H16ClN3O2S. The lowest BCUT2D eigenvalue weighted by atomic mass is 10.2. The van der Waals surface area contributed by atoms with Crippen molar-refractivity contribution in [2.75, 3.05) is 11.1 Å². The van der Waals surface area contributed by atoms with Crippen LogP contribution in [0.5, 0.6) is 0 Å². The summed E-state index contributed by atoms with van der Waals surface area (Å²) < 4.78 is 5.93. The van der Waals surface area contributed by atoms with Crippen LogP contribution in [0.3, 0.4) is 0 Å². The first-order chi connectivity index (χ1) is 13.0. The van der Waals surface area contributed by atoms with Gasteiger partial charge in [0.05, 0.1) is 5.75 Å². The van der Waals surface area contributed by atoms with Gasteiger partial charge < -0.3 is 9.73 Å². The minimum absolute atomic E-state index is 0.133. The summed E-state index contributed by atoms with van der Waals surface area (Å²) in [5.74, 6) is 0.711. The molecule has 0 spiro atoms. The Morgan fingerprint density at radius 1 is 1.15 bits per heavy atom. The van der Waals surface area contributed by atoms with Crippen molar-refractivity contribution in [1.29, 1.82) is 0 Å². The number of amides is 1. The fourth-order valence-corrected chi connectivity index (χ4v) is 3.81. The van der Waals surface area contributed by atoms with Crippen LogP contribution in [0.25, 0.3) is 22.1 Å². The number of nitrogens with one attached hydrogen (secondary N) is 1. The van der Waals surface area contributed by atoms with E-state index in [0.717, 1.165) is 22.0 Å². The van der Waals surface area contributed by atoms with Gasteiger partial charge in [0.25, 0.3) is 0 Å². The molecule has 5 nitrogen and oxygen atoms in total. The number of rotatable bonds is 4. The van der Waals surface area contributed by atoms with Gasteiger partial charge in [0.15, 0.2) is 5.58 Å². The third kappa shape index (κ3) is 3.50. The molecule has 0 unspecified atom stereocenters. The Bertz CT molecular complexity index is 1170. The summed E-state index contributed by atoms with van der Waals surface area (Å²) in [7, 11) is 0. The highest BCUT2D eigenvalue weighted by atomic mass is 35.5. The number of carbonyl (C=O) groups is 1. The van der Waals surface area contributed by atoms with E-state index in [1.165, 1.54) is 11.8 Å². The molecule has 2 aromatic heterocycles. The number of hydrogen-bond acceptors (Lipinski definition) is 5. The molecule has 0 atom stereocenters. The van der Waals surface area contributed by atoms with Gasteiger partial charge in [0.1, 0.15) is 22.0 Å². The number of carbonyl (C=O) groups excluding carboxylic acids is 1. The third-order valence-electron chi connectivity index (χ3n) is 4.18. The normalized spacial score (nSPS) is 11.2. The minimum Gasteiger partial charge on any atom is -0.451 e. The zero-order valence-electron chi connectivity index (χ0n) is 14.7. The predicted molar refractivity (Wildman–Crippen MR) is 110 cm³/mol. The number of aryl methyl sites for hydroxylation is 1. The number of nitrogens with zero attached hydrogens (tertiary/aromatic N) is 2. The first-order valence-electron chi connectivity index (χ1n) is 8.36. The van der Waals surface area contributed by atoms with E-state index in [0.29, 0.717) is 27.1 Å². The van der Waals surface area contributed by atoms with Crippen LogP contribution in [0.15, 0.2) is 51.9 Å². The highest BCUT2D eigenvalue weighted by Crippen LogP contribution is 2.33. The van der Waals surface area contributed by atoms with E-state index in [2.05, 4.69) is 15.3 Å². The Balaban J connectivity index is 1.58. The Kier molecular flexibility index (Phi) is 4.76. The van der Waals surface area contributed by atoms with Crippen molar-refractivity contribution in [1.82, 2.24) is 9.97 Å². The standard InChI is InChI=1S/C20H16ClN3O2S/c1-11-14(21)7-5-8-15(11)24-17(25)10-27-20-19-18(22-12(2)23-20)13-6-3-4-9-16(13)26-19/h3-9H,10H2,1-2H3,(H,24,25). The van der Waals surface area contributed by atoms with Crippen LogP contribution in [0.2, 0.25) is 5.02 Å². The molecule has 0 radical (unpaired) electrons. The van der Waals surface area contributed by atoms with Crippen LogP contribution in [-0.2, 0) is 4.79 Å². The van der Waals surface area contributed by atoms with Crippen molar-refractivity contribution in [3.63, 3.8) is 0 Å². The lowest BCUT2D eigenvalue weighted by Crippen LogP contribution is -2.15. The maximum atomic E-state index is 12.4. The zero-order chi connectivity index (χ0) is 19.0. The Morgan fingerprint density at radius 2 is 1.96 bits per heavy atom. The molecule has 2 heterocycles. The van der Waals surface area contributed by atoms with Gasteiger partial charge in [0, 0.05) is 16.1 Å². The van der Waals surface area contributed by atoms with Crippen molar-refractivity contribution in [2.45, 2.75) is 18.9 Å². The van der Waals surface area contributed by atoms with Gasteiger partial charge in [-0.3, -0.25) is 4.79 Å². The fraction of sp³-hybridized carbons (Fsp3) is 0.150. The van der Waals surface area contributed by atoms with Gasteiger partial charge in [0.2, 0.25) is 5.91 Å². The number of benzene rings is 2. The second kappa shape index (κ2) is 7.21. The number of halogens is 1. The van der Waals surface area contributed by atoms with Gasteiger partial charge in [-0.05, 0) is 43.7 Å². The average Bonchev–Trinajstić information content (AvgIpc) is 3.02.